The topological polar surface area (TPSA) is 12.9 Å². The lowest BCUT2D eigenvalue weighted by Crippen LogP contribution is -1.76. The number of hydrogen-bond acceptors (Lipinski definition) is 2. The molecule has 0 bridgehead atoms. The van der Waals surface area contributed by atoms with Gasteiger partial charge >= 0.3 is 0 Å². The van der Waals surface area contributed by atoms with Gasteiger partial charge < -0.3 is 0 Å². The van der Waals surface area contributed by atoms with E-state index in [2.05, 4.69) is 4.37 Å². The number of benzene rings is 1. The number of hydrogen-bond donors (Lipinski definition) is 0. The second kappa shape index (κ2) is 2.27. The van der Waals surface area contributed by atoms with E-state index >= 15 is 0 Å². The van der Waals surface area contributed by atoms with Gasteiger partial charge in [0.05, 0.1) is 10.9 Å². The van der Waals surface area contributed by atoms with Gasteiger partial charge in [-0.3, -0.25) is 0 Å². The first-order valence-electron chi connectivity index (χ1n) is 3.28. The Hall–Kier alpha value is -0.960. The molecule has 0 aliphatic carbocycles. The maximum atomic E-state index is 13.0. The molecule has 0 fully saturated rings. The molecule has 1 heterocycles. The summed E-state index contributed by atoms with van der Waals surface area (Å²) in [5.41, 5.74) is 0.944. The molecule has 2 rings (SSSR count). The number of aryl methyl sites for hydroxylation is 1. The molecule has 0 aliphatic heterocycles. The van der Waals surface area contributed by atoms with Crippen LogP contribution in [-0.4, -0.2) is 4.37 Å². The van der Waals surface area contributed by atoms with Gasteiger partial charge in [-0.1, -0.05) is 0 Å². The third-order valence-corrected chi connectivity index (χ3v) is 2.31. The van der Waals surface area contributed by atoms with Crippen LogP contribution in [0.2, 0.25) is 0 Å². The zero-order valence-corrected chi connectivity index (χ0v) is 6.78. The fraction of sp³-hybridized carbons (Fsp3) is 0.125. The first kappa shape index (κ1) is 6.73. The number of fused-ring (bicyclic) bond motifs is 1. The Morgan fingerprint density at radius 1 is 1.45 bits per heavy atom. The van der Waals surface area contributed by atoms with Crippen molar-refractivity contribution in [1.82, 2.24) is 4.37 Å². The fourth-order valence-electron chi connectivity index (χ4n) is 1.06. The van der Waals surface area contributed by atoms with Crippen LogP contribution in [0.15, 0.2) is 18.3 Å². The second-order valence-electron chi connectivity index (χ2n) is 2.48. The molecule has 0 saturated heterocycles. The van der Waals surface area contributed by atoms with Crippen LogP contribution >= 0.6 is 11.5 Å². The molecule has 0 saturated carbocycles. The minimum absolute atomic E-state index is 0.172. The summed E-state index contributed by atoms with van der Waals surface area (Å²) < 4.78 is 17.9. The highest BCUT2D eigenvalue weighted by atomic mass is 32.1. The predicted octanol–water partition coefficient (Wildman–Crippen LogP) is 2.74. The largest absolute Gasteiger partial charge is 0.206 e. The normalized spacial score (nSPS) is 10.7. The molecule has 0 atom stereocenters. The fourth-order valence-corrected chi connectivity index (χ4v) is 1.82. The molecule has 3 heteroatoms. The SMILES string of the molecule is Cc1cc(F)c2cnsc2c1. The lowest BCUT2D eigenvalue weighted by molar-refractivity contribution is 0.639. The van der Waals surface area contributed by atoms with E-state index in [0.29, 0.717) is 5.39 Å². The average Bonchev–Trinajstić information content (AvgIpc) is 2.34. The number of rotatable bonds is 0. The Labute approximate surface area is 67.6 Å². The minimum Gasteiger partial charge on any atom is -0.206 e. The van der Waals surface area contributed by atoms with E-state index in [0.717, 1.165) is 10.3 Å². The summed E-state index contributed by atoms with van der Waals surface area (Å²) in [7, 11) is 0. The van der Waals surface area contributed by atoms with Gasteiger partial charge in [0, 0.05) is 5.39 Å². The lowest BCUT2D eigenvalue weighted by Gasteiger charge is -1.92. The van der Waals surface area contributed by atoms with E-state index in [9.17, 15) is 4.39 Å². The first-order valence-corrected chi connectivity index (χ1v) is 4.05. The highest BCUT2D eigenvalue weighted by Gasteiger charge is 2.02. The zero-order valence-electron chi connectivity index (χ0n) is 5.97. The molecule has 56 valence electrons. The van der Waals surface area contributed by atoms with Crippen molar-refractivity contribution in [1.29, 1.82) is 0 Å². The monoisotopic (exact) mass is 167 g/mol. The minimum atomic E-state index is -0.172. The number of halogens is 1. The van der Waals surface area contributed by atoms with Crippen molar-refractivity contribution in [3.05, 3.63) is 29.7 Å². The molecule has 0 aliphatic rings. The summed E-state index contributed by atoms with van der Waals surface area (Å²) in [4.78, 5) is 0. The van der Waals surface area contributed by atoms with Crippen LogP contribution in [0.1, 0.15) is 5.56 Å². The van der Waals surface area contributed by atoms with Gasteiger partial charge in [0.1, 0.15) is 5.82 Å². The van der Waals surface area contributed by atoms with Gasteiger partial charge in [-0.15, -0.1) is 0 Å². The van der Waals surface area contributed by atoms with Crippen LogP contribution in [0.25, 0.3) is 10.1 Å². The van der Waals surface area contributed by atoms with Crippen LogP contribution in [0.5, 0.6) is 0 Å². The standard InChI is InChI=1S/C8H6FNS/c1-5-2-7(9)6-4-10-11-8(6)3-5/h2-4H,1H3. The molecular formula is C8H6FNS. The molecule has 0 radical (unpaired) electrons. The van der Waals surface area contributed by atoms with E-state index in [1.807, 2.05) is 13.0 Å². The predicted molar refractivity (Wildman–Crippen MR) is 44.3 cm³/mol. The lowest BCUT2D eigenvalue weighted by atomic mass is 10.2. The van der Waals surface area contributed by atoms with Crippen molar-refractivity contribution in [2.75, 3.05) is 0 Å². The molecule has 0 unspecified atom stereocenters. The highest BCUT2D eigenvalue weighted by molar-refractivity contribution is 7.13. The van der Waals surface area contributed by atoms with E-state index in [4.69, 9.17) is 0 Å². The van der Waals surface area contributed by atoms with Gasteiger partial charge in [-0.05, 0) is 36.2 Å². The van der Waals surface area contributed by atoms with Gasteiger partial charge in [0.15, 0.2) is 0 Å². The van der Waals surface area contributed by atoms with Gasteiger partial charge in [0.2, 0.25) is 0 Å². The molecule has 11 heavy (non-hydrogen) atoms. The van der Waals surface area contributed by atoms with Crippen LogP contribution in [0.4, 0.5) is 4.39 Å². The second-order valence-corrected chi connectivity index (χ2v) is 3.32. The van der Waals surface area contributed by atoms with Crippen LogP contribution in [0.3, 0.4) is 0 Å². The van der Waals surface area contributed by atoms with Crippen molar-refractivity contribution in [3.63, 3.8) is 0 Å². The van der Waals surface area contributed by atoms with Crippen LogP contribution in [-0.2, 0) is 0 Å². The third kappa shape index (κ3) is 1.01. The Morgan fingerprint density at radius 3 is 3.09 bits per heavy atom. The van der Waals surface area contributed by atoms with Gasteiger partial charge in [-0.25, -0.2) is 4.39 Å². The molecule has 1 aromatic heterocycles. The summed E-state index contributed by atoms with van der Waals surface area (Å²) in [5, 5.41) is 0.626. The van der Waals surface area contributed by atoms with Gasteiger partial charge in [0.25, 0.3) is 0 Å². The average molecular weight is 167 g/mol. The summed E-state index contributed by atoms with van der Waals surface area (Å²) in [6, 6.07) is 3.47. The van der Waals surface area contributed by atoms with E-state index < -0.39 is 0 Å². The van der Waals surface area contributed by atoms with Crippen LogP contribution in [0, 0.1) is 12.7 Å². The van der Waals surface area contributed by atoms with Crippen LogP contribution < -0.4 is 0 Å². The summed E-state index contributed by atoms with van der Waals surface area (Å²) in [6.45, 7) is 1.88. The first-order chi connectivity index (χ1) is 5.27. The summed E-state index contributed by atoms with van der Waals surface area (Å²) in [5.74, 6) is -0.172. The quantitative estimate of drug-likeness (QED) is 0.588. The van der Waals surface area contributed by atoms with E-state index in [-0.39, 0.29) is 5.82 Å². The summed E-state index contributed by atoms with van der Waals surface area (Å²) in [6.07, 6.45) is 1.56. The maximum absolute atomic E-state index is 13.0. The Balaban J connectivity index is 2.91. The molecule has 1 aromatic carbocycles. The van der Waals surface area contributed by atoms with Crippen molar-refractivity contribution < 1.29 is 4.39 Å². The Morgan fingerprint density at radius 2 is 2.27 bits per heavy atom. The molecule has 2 aromatic rings. The summed E-state index contributed by atoms with van der Waals surface area (Å²) >= 11 is 1.33. The smallest absolute Gasteiger partial charge is 0.133 e. The van der Waals surface area contributed by atoms with Gasteiger partial charge in [-0.2, -0.15) is 4.37 Å². The molecule has 0 N–H and O–H groups in total. The van der Waals surface area contributed by atoms with Crippen molar-refractivity contribution in [3.8, 4) is 0 Å². The maximum Gasteiger partial charge on any atom is 0.133 e. The zero-order chi connectivity index (χ0) is 7.84. The van der Waals surface area contributed by atoms with Crippen molar-refractivity contribution in [2.24, 2.45) is 0 Å². The third-order valence-electron chi connectivity index (χ3n) is 1.57. The number of nitrogens with zero attached hydrogens (tertiary/aromatic N) is 1. The highest BCUT2D eigenvalue weighted by Crippen LogP contribution is 2.22. The molecule has 1 nitrogen and oxygen atoms in total. The Kier molecular flexibility index (Phi) is 1.39. The molecule has 0 amide bonds. The van der Waals surface area contributed by atoms with Crippen molar-refractivity contribution >= 4 is 21.6 Å². The molecular weight excluding hydrogens is 161 g/mol. The number of aromatic nitrogens is 1. The van der Waals surface area contributed by atoms with E-state index in [1.165, 1.54) is 17.6 Å². The van der Waals surface area contributed by atoms with Crippen molar-refractivity contribution in [2.45, 2.75) is 6.92 Å². The Bertz CT molecular complexity index is 394. The van der Waals surface area contributed by atoms with E-state index in [1.54, 1.807) is 6.20 Å². The molecule has 0 spiro atoms.